The Balaban J connectivity index is 2.25. The van der Waals surface area contributed by atoms with Gasteiger partial charge in [-0.15, -0.1) is 0 Å². The second-order valence-electron chi connectivity index (χ2n) is 3.08. The number of nitrogens with one attached hydrogen (secondary N) is 2. The molecule has 0 unspecified atom stereocenters. The molecule has 0 aromatic rings. The van der Waals surface area contributed by atoms with Crippen molar-refractivity contribution in [3.8, 4) is 0 Å². The molecule has 0 radical (unpaired) electrons. The topological polar surface area (TPSA) is 24.1 Å². The lowest BCUT2D eigenvalue weighted by Gasteiger charge is -2.04. The zero-order valence-corrected chi connectivity index (χ0v) is 7.14. The van der Waals surface area contributed by atoms with Crippen LogP contribution in [0.1, 0.15) is 6.42 Å². The van der Waals surface area contributed by atoms with E-state index in [0.29, 0.717) is 0 Å². The van der Waals surface area contributed by atoms with Gasteiger partial charge in [-0.2, -0.15) is 0 Å². The largest absolute Gasteiger partial charge is 0.384 e. The minimum Gasteiger partial charge on any atom is -0.384 e. The summed E-state index contributed by atoms with van der Waals surface area (Å²) in [5, 5.41) is 6.77. The van der Waals surface area contributed by atoms with Crippen LogP contribution in [0.25, 0.3) is 0 Å². The van der Waals surface area contributed by atoms with E-state index in [2.05, 4.69) is 34.9 Å². The lowest BCUT2D eigenvalue weighted by atomic mass is 10.2. The summed E-state index contributed by atoms with van der Waals surface area (Å²) in [5.41, 5.74) is 2.66. The molecule has 0 amide bonds. The van der Waals surface area contributed by atoms with Gasteiger partial charge in [0.2, 0.25) is 0 Å². The molecule has 2 N–H and O–H groups in total. The molecule has 0 bridgehead atoms. The zero-order chi connectivity index (χ0) is 8.23. The fourth-order valence-corrected chi connectivity index (χ4v) is 1.51. The predicted octanol–water partition coefficient (Wildman–Crippen LogP) is 0.949. The van der Waals surface area contributed by atoms with Gasteiger partial charge in [-0.1, -0.05) is 18.2 Å². The zero-order valence-electron chi connectivity index (χ0n) is 7.14. The number of rotatable bonds is 0. The molecule has 12 heavy (non-hydrogen) atoms. The molecule has 64 valence electrons. The Hall–Kier alpha value is -1.02. The molecule has 2 aliphatic rings. The molecular formula is C10H14N2. The Morgan fingerprint density at radius 1 is 1.08 bits per heavy atom. The van der Waals surface area contributed by atoms with Gasteiger partial charge in [0.05, 0.1) is 0 Å². The highest BCUT2D eigenvalue weighted by atomic mass is 15.0. The van der Waals surface area contributed by atoms with Gasteiger partial charge in [0, 0.05) is 25.3 Å². The van der Waals surface area contributed by atoms with Crippen molar-refractivity contribution in [1.29, 1.82) is 0 Å². The highest BCUT2D eigenvalue weighted by Gasteiger charge is 2.05. The highest BCUT2D eigenvalue weighted by molar-refractivity contribution is 5.36. The first-order chi connectivity index (χ1) is 5.97. The Labute approximate surface area is 73.0 Å². The van der Waals surface area contributed by atoms with Gasteiger partial charge in [0.15, 0.2) is 0 Å². The minimum absolute atomic E-state index is 0.989. The Bertz CT molecular complexity index is 225. The van der Waals surface area contributed by atoms with E-state index in [9.17, 15) is 0 Å². The van der Waals surface area contributed by atoms with Crippen LogP contribution in [0.2, 0.25) is 0 Å². The van der Waals surface area contributed by atoms with E-state index in [1.807, 2.05) is 0 Å². The molecule has 1 aliphatic heterocycles. The van der Waals surface area contributed by atoms with Gasteiger partial charge < -0.3 is 10.6 Å². The van der Waals surface area contributed by atoms with Gasteiger partial charge in [-0.05, 0) is 18.1 Å². The van der Waals surface area contributed by atoms with Gasteiger partial charge in [-0.3, -0.25) is 0 Å². The van der Waals surface area contributed by atoms with Crippen LogP contribution in [0.4, 0.5) is 0 Å². The third kappa shape index (κ3) is 1.59. The van der Waals surface area contributed by atoms with Crippen molar-refractivity contribution in [3.05, 3.63) is 35.6 Å². The van der Waals surface area contributed by atoms with E-state index in [1.54, 1.807) is 0 Å². The summed E-state index contributed by atoms with van der Waals surface area (Å²) < 4.78 is 0. The molecule has 0 fully saturated rings. The summed E-state index contributed by atoms with van der Waals surface area (Å²) in [4.78, 5) is 0. The van der Waals surface area contributed by atoms with Crippen molar-refractivity contribution in [3.63, 3.8) is 0 Å². The van der Waals surface area contributed by atoms with Crippen LogP contribution in [-0.2, 0) is 0 Å². The average Bonchev–Trinajstić information content (AvgIpc) is 2.38. The summed E-state index contributed by atoms with van der Waals surface area (Å²) in [7, 11) is 0. The van der Waals surface area contributed by atoms with E-state index in [4.69, 9.17) is 0 Å². The minimum atomic E-state index is 0.989. The molecule has 0 aromatic heterocycles. The van der Waals surface area contributed by atoms with Crippen molar-refractivity contribution >= 4 is 0 Å². The first-order valence-corrected chi connectivity index (χ1v) is 4.47. The monoisotopic (exact) mass is 162 g/mol. The average molecular weight is 162 g/mol. The van der Waals surface area contributed by atoms with Crippen LogP contribution in [-0.4, -0.2) is 19.6 Å². The third-order valence-electron chi connectivity index (χ3n) is 2.15. The molecule has 2 nitrogen and oxygen atoms in total. The lowest BCUT2D eigenvalue weighted by molar-refractivity contribution is 0.723. The maximum atomic E-state index is 3.40. The van der Waals surface area contributed by atoms with Crippen molar-refractivity contribution in [1.82, 2.24) is 10.6 Å². The smallest absolute Gasteiger partial charge is 0.0383 e. The molecule has 0 saturated carbocycles. The van der Waals surface area contributed by atoms with E-state index in [-0.39, 0.29) is 0 Å². The summed E-state index contributed by atoms with van der Waals surface area (Å²) in [5.74, 6) is 0. The summed E-state index contributed by atoms with van der Waals surface area (Å²) in [6.45, 7) is 3.06. The standard InChI is InChI=1S/C10H14N2/c1-2-4-9-8-11-6-7-12-10(9)5-3-1/h2-5,11-12H,1,6-8H2. The fraction of sp³-hybridized carbons (Fsp3) is 0.400. The normalized spacial score (nSPS) is 22.7. The van der Waals surface area contributed by atoms with Crippen LogP contribution in [0.15, 0.2) is 35.6 Å². The summed E-state index contributed by atoms with van der Waals surface area (Å²) in [6.07, 6.45) is 9.84. The number of hydrogen-bond acceptors (Lipinski definition) is 2. The maximum Gasteiger partial charge on any atom is 0.0383 e. The molecule has 2 rings (SSSR count). The summed E-state index contributed by atoms with van der Waals surface area (Å²) in [6, 6.07) is 0. The molecule has 0 aromatic carbocycles. The Kier molecular flexibility index (Phi) is 2.28. The third-order valence-corrected chi connectivity index (χ3v) is 2.15. The van der Waals surface area contributed by atoms with Gasteiger partial charge in [-0.25, -0.2) is 0 Å². The molecule has 2 heteroatoms. The van der Waals surface area contributed by atoms with Gasteiger partial charge in [0.25, 0.3) is 0 Å². The van der Waals surface area contributed by atoms with Crippen LogP contribution in [0.5, 0.6) is 0 Å². The molecule has 0 saturated heterocycles. The quantitative estimate of drug-likeness (QED) is 0.554. The number of hydrogen-bond donors (Lipinski definition) is 2. The van der Waals surface area contributed by atoms with Crippen molar-refractivity contribution in [2.75, 3.05) is 19.6 Å². The first kappa shape index (κ1) is 7.62. The van der Waals surface area contributed by atoms with Crippen molar-refractivity contribution in [2.24, 2.45) is 0 Å². The van der Waals surface area contributed by atoms with Crippen LogP contribution < -0.4 is 10.6 Å². The van der Waals surface area contributed by atoms with Gasteiger partial charge >= 0.3 is 0 Å². The van der Waals surface area contributed by atoms with E-state index >= 15 is 0 Å². The first-order valence-electron chi connectivity index (χ1n) is 4.47. The predicted molar refractivity (Wildman–Crippen MR) is 50.8 cm³/mol. The number of allylic oxidation sites excluding steroid dienone is 3. The molecule has 1 heterocycles. The van der Waals surface area contributed by atoms with E-state index in [1.165, 1.54) is 11.3 Å². The summed E-state index contributed by atoms with van der Waals surface area (Å²) >= 11 is 0. The SMILES string of the molecule is C1=CC2=C(C=CC1)NCCNC2. The van der Waals surface area contributed by atoms with E-state index in [0.717, 1.165) is 26.1 Å². The Morgan fingerprint density at radius 2 is 2.00 bits per heavy atom. The van der Waals surface area contributed by atoms with Crippen LogP contribution in [0.3, 0.4) is 0 Å². The highest BCUT2D eigenvalue weighted by Crippen LogP contribution is 2.10. The molecule has 0 atom stereocenters. The van der Waals surface area contributed by atoms with Crippen LogP contribution in [0, 0.1) is 0 Å². The molecule has 0 spiro atoms. The van der Waals surface area contributed by atoms with Crippen molar-refractivity contribution < 1.29 is 0 Å². The van der Waals surface area contributed by atoms with E-state index < -0.39 is 0 Å². The second-order valence-corrected chi connectivity index (χ2v) is 3.08. The van der Waals surface area contributed by atoms with Crippen molar-refractivity contribution in [2.45, 2.75) is 6.42 Å². The van der Waals surface area contributed by atoms with Crippen LogP contribution >= 0.6 is 0 Å². The Morgan fingerprint density at radius 3 is 3.00 bits per heavy atom. The van der Waals surface area contributed by atoms with Gasteiger partial charge in [0.1, 0.15) is 0 Å². The fourth-order valence-electron chi connectivity index (χ4n) is 1.51. The molecule has 1 aliphatic carbocycles. The maximum absolute atomic E-state index is 3.40. The lowest BCUT2D eigenvalue weighted by Crippen LogP contribution is -2.22. The second kappa shape index (κ2) is 3.59. The molecular weight excluding hydrogens is 148 g/mol.